The molecule has 0 N–H and O–H groups in total. The minimum Gasteiger partial charge on any atom is -0.298 e. The molecule has 0 unspecified atom stereocenters. The SMILES string of the molecule is N#CCC[C@H](C#N)CSc1nnc(-c2cccnc2)n1Cc1ccccc1. The van der Waals surface area contributed by atoms with Gasteiger partial charge in [-0.2, -0.15) is 10.5 Å². The lowest BCUT2D eigenvalue weighted by Crippen LogP contribution is -2.06. The Morgan fingerprint density at radius 3 is 2.63 bits per heavy atom. The molecule has 2 heterocycles. The van der Waals surface area contributed by atoms with Gasteiger partial charge in [-0.3, -0.25) is 9.55 Å². The van der Waals surface area contributed by atoms with Gasteiger partial charge in [0.25, 0.3) is 0 Å². The molecule has 0 radical (unpaired) electrons. The number of hydrogen-bond donors (Lipinski definition) is 0. The van der Waals surface area contributed by atoms with Gasteiger partial charge < -0.3 is 0 Å². The van der Waals surface area contributed by atoms with E-state index < -0.39 is 0 Å². The van der Waals surface area contributed by atoms with E-state index in [0.29, 0.717) is 25.1 Å². The molecule has 27 heavy (non-hydrogen) atoms. The van der Waals surface area contributed by atoms with E-state index in [1.165, 1.54) is 11.8 Å². The fourth-order valence-corrected chi connectivity index (χ4v) is 3.61. The molecule has 0 saturated heterocycles. The van der Waals surface area contributed by atoms with E-state index in [1.807, 2.05) is 30.3 Å². The van der Waals surface area contributed by atoms with Crippen LogP contribution in [0.2, 0.25) is 0 Å². The van der Waals surface area contributed by atoms with Crippen molar-refractivity contribution in [1.29, 1.82) is 10.5 Å². The molecule has 0 aliphatic rings. The maximum Gasteiger partial charge on any atom is 0.191 e. The highest BCUT2D eigenvalue weighted by molar-refractivity contribution is 7.99. The summed E-state index contributed by atoms with van der Waals surface area (Å²) >= 11 is 1.50. The van der Waals surface area contributed by atoms with Crippen molar-refractivity contribution in [3.63, 3.8) is 0 Å². The van der Waals surface area contributed by atoms with Gasteiger partial charge in [0.2, 0.25) is 0 Å². The summed E-state index contributed by atoms with van der Waals surface area (Å²) in [6.07, 6.45) is 4.45. The van der Waals surface area contributed by atoms with Gasteiger partial charge >= 0.3 is 0 Å². The van der Waals surface area contributed by atoms with Crippen LogP contribution in [0.3, 0.4) is 0 Å². The number of pyridine rings is 1. The summed E-state index contributed by atoms with van der Waals surface area (Å²) in [5.41, 5.74) is 2.04. The van der Waals surface area contributed by atoms with Crippen LogP contribution in [0, 0.1) is 28.6 Å². The van der Waals surface area contributed by atoms with E-state index in [9.17, 15) is 5.26 Å². The highest BCUT2D eigenvalue weighted by Gasteiger charge is 2.17. The first-order valence-corrected chi connectivity index (χ1v) is 9.57. The van der Waals surface area contributed by atoms with Crippen molar-refractivity contribution < 1.29 is 0 Å². The molecule has 2 aromatic heterocycles. The van der Waals surface area contributed by atoms with Gasteiger partial charge in [0.15, 0.2) is 11.0 Å². The Balaban J connectivity index is 1.86. The van der Waals surface area contributed by atoms with Crippen molar-refractivity contribution in [3.8, 4) is 23.5 Å². The zero-order valence-electron chi connectivity index (χ0n) is 14.7. The van der Waals surface area contributed by atoms with E-state index in [1.54, 1.807) is 12.4 Å². The highest BCUT2D eigenvalue weighted by atomic mass is 32.2. The summed E-state index contributed by atoms with van der Waals surface area (Å²) in [5, 5.41) is 27.5. The minimum atomic E-state index is -0.182. The number of thioether (sulfide) groups is 1. The molecule has 0 spiro atoms. The molecule has 3 aromatic rings. The second-order valence-corrected chi connectivity index (χ2v) is 6.94. The van der Waals surface area contributed by atoms with Crippen molar-refractivity contribution >= 4 is 11.8 Å². The summed E-state index contributed by atoms with van der Waals surface area (Å²) in [7, 11) is 0. The number of benzene rings is 1. The van der Waals surface area contributed by atoms with Crippen LogP contribution in [0.25, 0.3) is 11.4 Å². The lowest BCUT2D eigenvalue weighted by atomic mass is 10.1. The molecule has 0 fully saturated rings. The van der Waals surface area contributed by atoms with Crippen molar-refractivity contribution in [3.05, 3.63) is 60.4 Å². The van der Waals surface area contributed by atoms with Gasteiger partial charge in [-0.25, -0.2) is 0 Å². The fraction of sp³-hybridized carbons (Fsp3) is 0.250. The predicted octanol–water partition coefficient (Wildman–Crippen LogP) is 3.92. The third kappa shape index (κ3) is 4.93. The van der Waals surface area contributed by atoms with Gasteiger partial charge in [0.05, 0.1) is 24.6 Å². The first kappa shape index (κ1) is 18.6. The number of rotatable bonds is 8. The van der Waals surface area contributed by atoms with Crippen molar-refractivity contribution in [2.24, 2.45) is 5.92 Å². The van der Waals surface area contributed by atoms with Crippen LogP contribution in [0.5, 0.6) is 0 Å². The maximum atomic E-state index is 9.29. The van der Waals surface area contributed by atoms with Crippen LogP contribution in [0.1, 0.15) is 18.4 Å². The molecule has 3 rings (SSSR count). The maximum absolute atomic E-state index is 9.29. The molecule has 0 aliphatic carbocycles. The quantitative estimate of drug-likeness (QED) is 0.555. The summed E-state index contributed by atoms with van der Waals surface area (Å²) in [5.74, 6) is 1.15. The van der Waals surface area contributed by atoms with Gasteiger partial charge in [0.1, 0.15) is 0 Å². The zero-order valence-corrected chi connectivity index (χ0v) is 15.5. The fourth-order valence-electron chi connectivity index (χ4n) is 2.61. The standard InChI is InChI=1S/C20H18N6S/c21-10-4-8-17(12-22)15-27-20-25-24-19(18-9-5-11-23-13-18)26(20)14-16-6-2-1-3-7-16/h1-3,5-7,9,11,13,17H,4,8,14-15H2/t17-/m1/s1. The molecule has 1 atom stereocenters. The summed E-state index contributed by atoms with van der Waals surface area (Å²) in [6.45, 7) is 0.635. The van der Waals surface area contributed by atoms with Crippen LogP contribution >= 0.6 is 11.8 Å². The predicted molar refractivity (Wildman–Crippen MR) is 103 cm³/mol. The second kappa shape index (κ2) is 9.51. The van der Waals surface area contributed by atoms with Crippen LogP contribution < -0.4 is 0 Å². The first-order chi connectivity index (χ1) is 13.3. The second-order valence-electron chi connectivity index (χ2n) is 5.95. The van der Waals surface area contributed by atoms with E-state index in [0.717, 1.165) is 22.1 Å². The largest absolute Gasteiger partial charge is 0.298 e. The van der Waals surface area contributed by atoms with Crippen LogP contribution in [-0.4, -0.2) is 25.5 Å². The molecule has 134 valence electrons. The van der Waals surface area contributed by atoms with Crippen molar-refractivity contribution in [2.45, 2.75) is 24.5 Å². The Hall–Kier alpha value is -3.16. The number of nitrogens with zero attached hydrogens (tertiary/aromatic N) is 6. The molecular formula is C20H18N6S. The topological polar surface area (TPSA) is 91.2 Å². The van der Waals surface area contributed by atoms with Gasteiger partial charge in [-0.1, -0.05) is 42.1 Å². The summed E-state index contributed by atoms with van der Waals surface area (Å²) in [4.78, 5) is 4.18. The van der Waals surface area contributed by atoms with Gasteiger partial charge in [-0.05, 0) is 24.1 Å². The number of hydrogen-bond acceptors (Lipinski definition) is 6. The Labute approximate surface area is 162 Å². The smallest absolute Gasteiger partial charge is 0.191 e. The number of aromatic nitrogens is 4. The zero-order chi connectivity index (χ0) is 18.9. The third-order valence-electron chi connectivity index (χ3n) is 4.02. The molecule has 0 aliphatic heterocycles. The lowest BCUT2D eigenvalue weighted by Gasteiger charge is -2.11. The van der Waals surface area contributed by atoms with Crippen LogP contribution in [-0.2, 0) is 6.54 Å². The molecule has 1 aromatic carbocycles. The monoisotopic (exact) mass is 374 g/mol. The lowest BCUT2D eigenvalue weighted by molar-refractivity contribution is 0.677. The van der Waals surface area contributed by atoms with Crippen molar-refractivity contribution in [1.82, 2.24) is 19.7 Å². The van der Waals surface area contributed by atoms with Crippen molar-refractivity contribution in [2.75, 3.05) is 5.75 Å². The third-order valence-corrected chi connectivity index (χ3v) is 5.15. The van der Waals surface area contributed by atoms with E-state index in [-0.39, 0.29) is 5.92 Å². The first-order valence-electron chi connectivity index (χ1n) is 8.58. The molecule has 7 heteroatoms. The van der Waals surface area contributed by atoms with Crippen LogP contribution in [0.15, 0.2) is 60.0 Å². The Kier molecular flexibility index (Phi) is 6.56. The summed E-state index contributed by atoms with van der Waals surface area (Å²) in [6, 6.07) is 18.3. The van der Waals surface area contributed by atoms with Crippen LogP contribution in [0.4, 0.5) is 0 Å². The number of nitriles is 2. The average Bonchev–Trinajstić information content (AvgIpc) is 3.12. The van der Waals surface area contributed by atoms with Gasteiger partial charge in [-0.15, -0.1) is 10.2 Å². The molecule has 6 nitrogen and oxygen atoms in total. The van der Waals surface area contributed by atoms with E-state index in [2.05, 4.69) is 44.0 Å². The average molecular weight is 374 g/mol. The normalized spacial score (nSPS) is 11.5. The van der Waals surface area contributed by atoms with E-state index >= 15 is 0 Å². The molecular weight excluding hydrogens is 356 g/mol. The Morgan fingerprint density at radius 2 is 1.93 bits per heavy atom. The van der Waals surface area contributed by atoms with E-state index in [4.69, 9.17) is 5.26 Å². The Bertz CT molecular complexity index is 940. The van der Waals surface area contributed by atoms with Gasteiger partial charge in [0, 0.05) is 30.1 Å². The molecule has 0 bridgehead atoms. The molecule has 0 amide bonds. The highest BCUT2D eigenvalue weighted by Crippen LogP contribution is 2.26. The molecule has 0 saturated carbocycles. The minimum absolute atomic E-state index is 0.182. The summed E-state index contributed by atoms with van der Waals surface area (Å²) < 4.78 is 2.05. The Morgan fingerprint density at radius 1 is 1.07 bits per heavy atom.